The van der Waals surface area contributed by atoms with Crippen LogP contribution in [0.2, 0.25) is 35.4 Å². The van der Waals surface area contributed by atoms with Crippen LogP contribution in [0.25, 0.3) is 0 Å². The van der Waals surface area contributed by atoms with Crippen molar-refractivity contribution in [3.63, 3.8) is 0 Å². The highest BCUT2D eigenvalue weighted by molar-refractivity contribution is 6.96. The minimum atomic E-state index is -2.69. The maximum Gasteiger partial charge on any atom is 0.315 e. The highest BCUT2D eigenvalue weighted by Gasteiger charge is 2.59. The molecule has 0 heterocycles. The number of benzene rings is 2. The number of nitrogens with two attached hydrogens (primary N) is 1. The van der Waals surface area contributed by atoms with Crippen LogP contribution in [-0.4, -0.2) is 40.4 Å². The van der Waals surface area contributed by atoms with Crippen molar-refractivity contribution < 1.29 is 14.0 Å². The van der Waals surface area contributed by atoms with E-state index in [1.165, 1.54) is 0 Å². The number of rotatable bonds is 10. The van der Waals surface area contributed by atoms with Crippen molar-refractivity contribution in [3.8, 4) is 0 Å². The zero-order valence-corrected chi connectivity index (χ0v) is 26.4. The Morgan fingerprint density at radius 2 is 1.24 bits per heavy atom. The van der Waals surface area contributed by atoms with Gasteiger partial charge in [0.05, 0.1) is 6.04 Å². The number of carbonyl (C=O) groups is 2. The summed E-state index contributed by atoms with van der Waals surface area (Å²) in [6, 6.07) is 17.9. The maximum atomic E-state index is 14.0. The predicted molar refractivity (Wildman–Crippen MR) is 160 cm³/mol. The average molecular weight is 541 g/mol. The molecule has 0 aliphatic rings. The van der Waals surface area contributed by atoms with Crippen molar-refractivity contribution in [2.75, 3.05) is 0 Å². The van der Waals surface area contributed by atoms with Gasteiger partial charge in [-0.2, -0.15) is 0 Å². The maximum absolute atomic E-state index is 14.0. The number of hydrogen-bond donors (Lipinski definition) is 2. The molecule has 2 atom stereocenters. The Balaban J connectivity index is 2.39. The smallest absolute Gasteiger partial charge is 0.315 e. The fraction of sp³-hybridized carbons (Fsp3) is 0.533. The van der Waals surface area contributed by atoms with Crippen LogP contribution < -0.4 is 11.1 Å². The molecule has 1 amide bonds. The fourth-order valence-corrected chi connectivity index (χ4v) is 19.1. The summed E-state index contributed by atoms with van der Waals surface area (Å²) >= 11 is 0. The summed E-state index contributed by atoms with van der Waals surface area (Å²) in [5.74, 6) is -0.690. The number of hydrogen-bond acceptors (Lipinski definition) is 4. The molecule has 0 aromatic heterocycles. The molecule has 0 saturated carbocycles. The van der Waals surface area contributed by atoms with E-state index in [4.69, 9.17) is 10.2 Å². The topological polar surface area (TPSA) is 81.4 Å². The van der Waals surface area contributed by atoms with Crippen molar-refractivity contribution >= 4 is 28.3 Å². The molecule has 0 unspecified atom stereocenters. The van der Waals surface area contributed by atoms with Crippen LogP contribution in [0.5, 0.6) is 0 Å². The molecule has 2 aromatic rings. The van der Waals surface area contributed by atoms with Gasteiger partial charge < -0.3 is 15.5 Å². The zero-order chi connectivity index (χ0) is 28.1. The van der Waals surface area contributed by atoms with Gasteiger partial charge in [-0.3, -0.25) is 9.59 Å². The second kappa shape index (κ2) is 12.1. The summed E-state index contributed by atoms with van der Waals surface area (Å²) in [4.78, 5) is 27.2. The van der Waals surface area contributed by atoms with Gasteiger partial charge in [0.1, 0.15) is 6.04 Å². The van der Waals surface area contributed by atoms with Crippen LogP contribution in [0.15, 0.2) is 60.7 Å². The van der Waals surface area contributed by atoms with E-state index >= 15 is 0 Å². The third-order valence-electron chi connectivity index (χ3n) is 7.00. The summed E-state index contributed by atoms with van der Waals surface area (Å²) in [5, 5.41) is 2.62. The monoisotopic (exact) mass is 540 g/mol. The zero-order valence-electron chi connectivity index (χ0n) is 24.4. The Hall–Kier alpha value is -2.23. The molecule has 0 aliphatic heterocycles. The molecule has 5 nitrogen and oxygen atoms in total. The molecule has 0 saturated heterocycles. The normalized spacial score (nSPS) is 14.5. The molecule has 0 aliphatic carbocycles. The van der Waals surface area contributed by atoms with E-state index < -0.39 is 28.5 Å². The van der Waals surface area contributed by atoms with E-state index in [0.717, 1.165) is 16.8 Å². The van der Waals surface area contributed by atoms with Crippen molar-refractivity contribution in [3.05, 3.63) is 71.8 Å². The molecule has 0 fully saturated rings. The standard InChI is InChI=1S/C30H48N2O3Si2/c1-29(2,3)37(30(4,5)6,22-36(7,8)9)35-28(34)26(21-24-18-14-11-15-19-24)32-27(33)25(31)20-23-16-12-10-13-17-23/h10-19,25-26H,20-22,31H2,1-9H3,(H,32,33)/t25-,26-/m0/s1. The Kier molecular flexibility index (Phi) is 10.1. The van der Waals surface area contributed by atoms with Crippen molar-refractivity contribution in [2.24, 2.45) is 5.73 Å². The van der Waals surface area contributed by atoms with Crippen LogP contribution in [0.4, 0.5) is 0 Å². The average Bonchev–Trinajstić information content (AvgIpc) is 2.77. The molecule has 2 aromatic carbocycles. The van der Waals surface area contributed by atoms with Gasteiger partial charge in [0.25, 0.3) is 8.32 Å². The second-order valence-corrected chi connectivity index (χ2v) is 24.9. The highest BCUT2D eigenvalue weighted by atomic mass is 28.4. The Morgan fingerprint density at radius 3 is 1.65 bits per heavy atom. The van der Waals surface area contributed by atoms with Crippen LogP contribution >= 0.6 is 0 Å². The van der Waals surface area contributed by atoms with E-state index in [9.17, 15) is 9.59 Å². The van der Waals surface area contributed by atoms with Gasteiger partial charge in [-0.15, -0.1) is 0 Å². The Labute approximate surface area is 226 Å². The summed E-state index contributed by atoms with van der Waals surface area (Å²) in [6.07, 6.45) is 0.757. The molecule has 0 bridgehead atoms. The number of carbonyl (C=O) groups excluding carboxylic acids is 2. The third-order valence-corrected chi connectivity index (χ3v) is 18.6. The van der Waals surface area contributed by atoms with Gasteiger partial charge in [0.2, 0.25) is 5.91 Å². The minimum Gasteiger partial charge on any atom is -0.517 e. The first kappa shape index (κ1) is 31.0. The molecule has 0 spiro atoms. The van der Waals surface area contributed by atoms with E-state index in [2.05, 4.69) is 66.5 Å². The molecule has 2 rings (SSSR count). The lowest BCUT2D eigenvalue weighted by atomic mass is 10.0. The third kappa shape index (κ3) is 8.65. The van der Waals surface area contributed by atoms with Crippen LogP contribution in [0.1, 0.15) is 52.7 Å². The first-order valence-electron chi connectivity index (χ1n) is 13.3. The van der Waals surface area contributed by atoms with Gasteiger partial charge in [0, 0.05) is 14.5 Å². The van der Waals surface area contributed by atoms with Crippen molar-refractivity contribution in [2.45, 2.75) is 102 Å². The molecular weight excluding hydrogens is 493 g/mol. The van der Waals surface area contributed by atoms with E-state index in [1.54, 1.807) is 0 Å². The molecule has 3 N–H and O–H groups in total. The van der Waals surface area contributed by atoms with Crippen molar-refractivity contribution in [1.29, 1.82) is 0 Å². The lowest BCUT2D eigenvalue weighted by molar-refractivity contribution is -0.141. The Bertz CT molecular complexity index is 1010. The summed E-state index contributed by atoms with van der Waals surface area (Å²) in [6.45, 7) is 20.3. The van der Waals surface area contributed by atoms with Gasteiger partial charge in [-0.1, -0.05) is 122 Å². The second-order valence-electron chi connectivity index (χ2n) is 13.5. The molecule has 204 valence electrons. The lowest BCUT2D eigenvalue weighted by Gasteiger charge is -2.52. The van der Waals surface area contributed by atoms with Crippen LogP contribution in [0, 0.1) is 0 Å². The fourth-order valence-electron chi connectivity index (χ4n) is 5.27. The summed E-state index contributed by atoms with van der Waals surface area (Å²) < 4.78 is 6.76. The lowest BCUT2D eigenvalue weighted by Crippen LogP contribution is -2.61. The first-order valence-corrected chi connectivity index (χ1v) is 19.1. The largest absolute Gasteiger partial charge is 0.517 e. The van der Waals surface area contributed by atoms with Gasteiger partial charge in [0.15, 0.2) is 0 Å². The predicted octanol–water partition coefficient (Wildman–Crippen LogP) is 6.25. The van der Waals surface area contributed by atoms with E-state index in [0.29, 0.717) is 12.8 Å². The van der Waals surface area contributed by atoms with Crippen LogP contribution in [0.3, 0.4) is 0 Å². The van der Waals surface area contributed by atoms with Crippen molar-refractivity contribution in [1.82, 2.24) is 5.32 Å². The summed E-state index contributed by atoms with van der Waals surface area (Å²) in [7, 11) is -4.29. The highest BCUT2D eigenvalue weighted by Crippen LogP contribution is 2.55. The minimum absolute atomic E-state index is 0.174. The SMILES string of the molecule is CC(C)(C)[Si](C[Si](C)(C)C)(OC(=O)[C@H](Cc1ccccc1)NC(=O)[C@@H](N)Cc1ccccc1)C(C)(C)C. The molecule has 37 heavy (non-hydrogen) atoms. The van der Waals surface area contributed by atoms with E-state index in [1.807, 2.05) is 60.7 Å². The van der Waals surface area contributed by atoms with Crippen LogP contribution in [-0.2, 0) is 26.9 Å². The number of nitrogens with one attached hydrogen (secondary N) is 1. The quantitative estimate of drug-likeness (QED) is 0.349. The van der Waals surface area contributed by atoms with Gasteiger partial charge in [-0.05, 0) is 33.3 Å². The van der Waals surface area contributed by atoms with E-state index in [-0.39, 0.29) is 22.0 Å². The Morgan fingerprint density at radius 1 is 0.811 bits per heavy atom. The van der Waals surface area contributed by atoms with Gasteiger partial charge >= 0.3 is 5.97 Å². The number of amides is 1. The first-order chi connectivity index (χ1) is 17.0. The summed E-state index contributed by atoms with van der Waals surface area (Å²) in [5.41, 5.74) is 9.19. The molecule has 0 radical (unpaired) electrons. The van der Waals surface area contributed by atoms with Gasteiger partial charge in [-0.25, -0.2) is 0 Å². The molecular formula is C30H48N2O3Si2. The molecule has 7 heteroatoms.